The number of nitrogens with zero attached hydrogens (tertiary/aromatic N) is 1. The SMILES string of the molecule is CCOC(=O)[C@H](C)Sc1nc(-c2ccccc2)cc(=O)[nH]1. The summed E-state index contributed by atoms with van der Waals surface area (Å²) in [4.78, 5) is 30.4. The summed E-state index contributed by atoms with van der Waals surface area (Å²) in [6.45, 7) is 3.81. The molecule has 0 saturated carbocycles. The van der Waals surface area contributed by atoms with Crippen LogP contribution in [0.5, 0.6) is 0 Å². The Balaban J connectivity index is 2.24. The lowest BCUT2D eigenvalue weighted by Gasteiger charge is -2.10. The summed E-state index contributed by atoms with van der Waals surface area (Å²) in [5, 5.41) is -0.0268. The highest BCUT2D eigenvalue weighted by molar-refractivity contribution is 8.00. The molecule has 0 amide bonds. The standard InChI is InChI=1S/C15H16N2O3S/c1-3-20-14(19)10(2)21-15-16-12(9-13(18)17-15)11-7-5-4-6-8-11/h4-10H,3H2,1-2H3,(H,16,17,18)/t10-/m0/s1. The minimum Gasteiger partial charge on any atom is -0.465 e. The number of thioether (sulfide) groups is 1. The highest BCUT2D eigenvalue weighted by Gasteiger charge is 2.17. The van der Waals surface area contributed by atoms with Crippen LogP contribution >= 0.6 is 11.8 Å². The predicted molar refractivity (Wildman–Crippen MR) is 82.2 cm³/mol. The van der Waals surface area contributed by atoms with Crippen molar-refractivity contribution < 1.29 is 9.53 Å². The molecule has 5 nitrogen and oxygen atoms in total. The van der Waals surface area contributed by atoms with Crippen molar-refractivity contribution in [2.75, 3.05) is 6.61 Å². The second kappa shape index (κ2) is 7.08. The van der Waals surface area contributed by atoms with E-state index in [1.54, 1.807) is 13.8 Å². The lowest BCUT2D eigenvalue weighted by molar-refractivity contribution is -0.142. The average Bonchev–Trinajstić information content (AvgIpc) is 2.47. The van der Waals surface area contributed by atoms with Crippen LogP contribution in [0.1, 0.15) is 13.8 Å². The molecule has 110 valence electrons. The molecular formula is C15H16N2O3S. The van der Waals surface area contributed by atoms with Gasteiger partial charge in [0.05, 0.1) is 12.3 Å². The highest BCUT2D eigenvalue weighted by Crippen LogP contribution is 2.22. The van der Waals surface area contributed by atoms with E-state index in [4.69, 9.17) is 4.74 Å². The van der Waals surface area contributed by atoms with E-state index in [0.717, 1.165) is 5.56 Å². The van der Waals surface area contributed by atoms with Gasteiger partial charge in [-0.05, 0) is 13.8 Å². The largest absolute Gasteiger partial charge is 0.465 e. The molecule has 1 aromatic carbocycles. The molecule has 0 fully saturated rings. The van der Waals surface area contributed by atoms with Crippen LogP contribution in [0, 0.1) is 0 Å². The molecule has 0 aliphatic carbocycles. The quantitative estimate of drug-likeness (QED) is 0.522. The molecule has 0 aliphatic heterocycles. The van der Waals surface area contributed by atoms with Gasteiger partial charge in [0.1, 0.15) is 5.25 Å². The maximum Gasteiger partial charge on any atom is 0.319 e. The van der Waals surface area contributed by atoms with E-state index in [1.807, 2.05) is 30.3 Å². The van der Waals surface area contributed by atoms with Gasteiger partial charge in [0.15, 0.2) is 5.16 Å². The molecular weight excluding hydrogens is 288 g/mol. The first-order valence-corrected chi connectivity index (χ1v) is 7.48. The third-order valence-electron chi connectivity index (χ3n) is 2.70. The second-order valence-electron chi connectivity index (χ2n) is 4.31. The molecule has 1 N–H and O–H groups in total. The molecule has 0 saturated heterocycles. The number of benzene rings is 1. The Hall–Kier alpha value is -2.08. The van der Waals surface area contributed by atoms with Crippen molar-refractivity contribution in [1.82, 2.24) is 9.97 Å². The molecule has 2 aromatic rings. The molecule has 21 heavy (non-hydrogen) atoms. The molecule has 0 radical (unpaired) electrons. The molecule has 1 aromatic heterocycles. The summed E-state index contributed by atoms with van der Waals surface area (Å²) in [5.74, 6) is -0.324. The van der Waals surface area contributed by atoms with Gasteiger partial charge < -0.3 is 9.72 Å². The molecule has 1 atom stereocenters. The van der Waals surface area contributed by atoms with Crippen LogP contribution in [0.15, 0.2) is 46.3 Å². The summed E-state index contributed by atoms with van der Waals surface area (Å²) < 4.78 is 4.94. The normalized spacial score (nSPS) is 11.9. The van der Waals surface area contributed by atoms with Gasteiger partial charge >= 0.3 is 5.97 Å². The van der Waals surface area contributed by atoms with Crippen molar-refractivity contribution in [3.05, 3.63) is 46.8 Å². The van der Waals surface area contributed by atoms with Gasteiger partial charge in [-0.15, -0.1) is 0 Å². The van der Waals surface area contributed by atoms with Gasteiger partial charge in [0, 0.05) is 11.6 Å². The van der Waals surface area contributed by atoms with Crippen LogP contribution < -0.4 is 5.56 Å². The third-order valence-corrected chi connectivity index (χ3v) is 3.66. The van der Waals surface area contributed by atoms with Crippen LogP contribution in [0.3, 0.4) is 0 Å². The van der Waals surface area contributed by atoms with E-state index < -0.39 is 5.25 Å². The number of carbonyl (C=O) groups is 1. The Morgan fingerprint density at radius 2 is 2.10 bits per heavy atom. The predicted octanol–water partition coefficient (Wildman–Crippen LogP) is 2.48. The number of carbonyl (C=O) groups excluding carboxylic acids is 1. The van der Waals surface area contributed by atoms with E-state index in [9.17, 15) is 9.59 Å². The van der Waals surface area contributed by atoms with E-state index in [1.165, 1.54) is 17.8 Å². The summed E-state index contributed by atoms with van der Waals surface area (Å²) in [6.07, 6.45) is 0. The number of nitrogens with one attached hydrogen (secondary N) is 1. The zero-order valence-electron chi connectivity index (χ0n) is 11.8. The maximum absolute atomic E-state index is 11.7. The van der Waals surface area contributed by atoms with Crippen LogP contribution in [-0.2, 0) is 9.53 Å². The van der Waals surface area contributed by atoms with Crippen LogP contribution in [0.25, 0.3) is 11.3 Å². The lowest BCUT2D eigenvalue weighted by atomic mass is 10.1. The first-order chi connectivity index (χ1) is 10.1. The summed E-state index contributed by atoms with van der Waals surface area (Å²) >= 11 is 1.17. The van der Waals surface area contributed by atoms with E-state index in [2.05, 4.69) is 9.97 Å². The van der Waals surface area contributed by atoms with Gasteiger partial charge in [-0.2, -0.15) is 0 Å². The average molecular weight is 304 g/mol. The molecule has 6 heteroatoms. The smallest absolute Gasteiger partial charge is 0.319 e. The lowest BCUT2D eigenvalue weighted by Crippen LogP contribution is -2.18. The van der Waals surface area contributed by atoms with Crippen molar-refractivity contribution in [2.24, 2.45) is 0 Å². The Labute approximate surface area is 126 Å². The Bertz CT molecular complexity index is 670. The second-order valence-corrected chi connectivity index (χ2v) is 5.64. The fourth-order valence-electron chi connectivity index (χ4n) is 1.72. The minimum absolute atomic E-state index is 0.248. The molecule has 2 rings (SSSR count). The van der Waals surface area contributed by atoms with E-state index >= 15 is 0 Å². The molecule has 0 bridgehead atoms. The van der Waals surface area contributed by atoms with Crippen LogP contribution in [-0.4, -0.2) is 27.8 Å². The highest BCUT2D eigenvalue weighted by atomic mass is 32.2. The maximum atomic E-state index is 11.7. The van der Waals surface area contributed by atoms with Gasteiger partial charge in [0.2, 0.25) is 0 Å². The fourth-order valence-corrected chi connectivity index (χ4v) is 2.53. The Morgan fingerprint density at radius 3 is 2.76 bits per heavy atom. The monoisotopic (exact) mass is 304 g/mol. The fraction of sp³-hybridized carbons (Fsp3) is 0.267. The summed E-state index contributed by atoms with van der Waals surface area (Å²) in [7, 11) is 0. The summed E-state index contributed by atoms with van der Waals surface area (Å²) in [6, 6.07) is 10.9. The number of hydrogen-bond donors (Lipinski definition) is 1. The first kappa shape index (κ1) is 15.3. The van der Waals surface area contributed by atoms with Crippen LogP contribution in [0.2, 0.25) is 0 Å². The number of rotatable bonds is 5. The van der Waals surface area contributed by atoms with Crippen molar-refractivity contribution in [2.45, 2.75) is 24.3 Å². The minimum atomic E-state index is -0.431. The zero-order valence-corrected chi connectivity index (χ0v) is 12.6. The number of aromatic nitrogens is 2. The summed E-state index contributed by atoms with van der Waals surface area (Å²) in [5.41, 5.74) is 1.19. The van der Waals surface area contributed by atoms with Gasteiger partial charge in [0.25, 0.3) is 5.56 Å². The molecule has 1 heterocycles. The number of ether oxygens (including phenoxy) is 1. The van der Waals surface area contributed by atoms with Crippen molar-refractivity contribution in [3.63, 3.8) is 0 Å². The molecule has 0 spiro atoms. The van der Waals surface area contributed by atoms with Gasteiger partial charge in [-0.25, -0.2) is 4.98 Å². The number of H-pyrrole nitrogens is 1. The number of esters is 1. The number of hydrogen-bond acceptors (Lipinski definition) is 5. The van der Waals surface area contributed by atoms with Crippen molar-refractivity contribution in [3.8, 4) is 11.3 Å². The van der Waals surface area contributed by atoms with Gasteiger partial charge in [-0.1, -0.05) is 42.1 Å². The Morgan fingerprint density at radius 1 is 1.38 bits per heavy atom. The van der Waals surface area contributed by atoms with Crippen molar-refractivity contribution in [1.29, 1.82) is 0 Å². The molecule has 0 unspecified atom stereocenters. The van der Waals surface area contributed by atoms with Gasteiger partial charge in [-0.3, -0.25) is 9.59 Å². The van der Waals surface area contributed by atoms with E-state index in [-0.39, 0.29) is 11.5 Å². The topological polar surface area (TPSA) is 72.0 Å². The van der Waals surface area contributed by atoms with E-state index in [0.29, 0.717) is 17.5 Å². The zero-order chi connectivity index (χ0) is 15.2. The third kappa shape index (κ3) is 4.19. The first-order valence-electron chi connectivity index (χ1n) is 6.60. The number of aromatic amines is 1. The van der Waals surface area contributed by atoms with Crippen LogP contribution in [0.4, 0.5) is 0 Å². The Kier molecular flexibility index (Phi) is 5.16. The molecule has 0 aliphatic rings. The van der Waals surface area contributed by atoms with Crippen molar-refractivity contribution >= 4 is 17.7 Å².